The molecule has 3 rings (SSSR count). The highest BCUT2D eigenvalue weighted by atomic mass is 16.6. The van der Waals surface area contributed by atoms with Crippen molar-refractivity contribution >= 4 is 17.9 Å². The molecule has 0 radical (unpaired) electrons. The molecule has 2 heterocycles. The monoisotopic (exact) mass is 402 g/mol. The zero-order valence-electron chi connectivity index (χ0n) is 17.9. The third kappa shape index (κ3) is 4.61. The van der Waals surface area contributed by atoms with Gasteiger partial charge >= 0.3 is 6.09 Å². The molecule has 1 aromatic rings. The van der Waals surface area contributed by atoms with E-state index in [0.29, 0.717) is 37.1 Å². The Kier molecular flexibility index (Phi) is 5.72. The fourth-order valence-electron chi connectivity index (χ4n) is 3.66. The van der Waals surface area contributed by atoms with Crippen molar-refractivity contribution in [2.75, 3.05) is 19.7 Å². The summed E-state index contributed by atoms with van der Waals surface area (Å²) in [5.41, 5.74) is -0.399. The standard InChI is InChI=1S/C22H30N2O5/c1-21(2,3)29-20(27)23-12-10-15(11-13-23)28-14-22(4,5)24-18(25)16-8-6-7-9-17(16)19(24)26/h6-9,15H,10-14H2,1-5H3. The van der Waals surface area contributed by atoms with Gasteiger partial charge in [0.25, 0.3) is 11.8 Å². The van der Waals surface area contributed by atoms with Gasteiger partial charge in [0, 0.05) is 13.1 Å². The first-order valence-corrected chi connectivity index (χ1v) is 10.1. The molecule has 0 spiro atoms. The van der Waals surface area contributed by atoms with Crippen molar-refractivity contribution in [3.63, 3.8) is 0 Å². The highest BCUT2D eigenvalue weighted by molar-refractivity contribution is 6.21. The third-order valence-electron chi connectivity index (χ3n) is 5.17. The van der Waals surface area contributed by atoms with Gasteiger partial charge in [-0.25, -0.2) is 4.79 Å². The van der Waals surface area contributed by atoms with Gasteiger partial charge < -0.3 is 14.4 Å². The van der Waals surface area contributed by atoms with Crippen molar-refractivity contribution < 1.29 is 23.9 Å². The zero-order valence-corrected chi connectivity index (χ0v) is 17.9. The van der Waals surface area contributed by atoms with Crippen molar-refractivity contribution in [1.29, 1.82) is 0 Å². The van der Waals surface area contributed by atoms with Gasteiger partial charge in [0.05, 0.1) is 29.4 Å². The summed E-state index contributed by atoms with van der Waals surface area (Å²) in [5, 5.41) is 0. The molecular formula is C22H30N2O5. The van der Waals surface area contributed by atoms with Gasteiger partial charge in [-0.2, -0.15) is 0 Å². The number of piperidine rings is 1. The minimum atomic E-state index is -0.768. The quantitative estimate of drug-likeness (QED) is 0.721. The van der Waals surface area contributed by atoms with E-state index in [1.807, 2.05) is 34.6 Å². The van der Waals surface area contributed by atoms with Crippen molar-refractivity contribution in [2.24, 2.45) is 0 Å². The minimum Gasteiger partial charge on any atom is -0.444 e. The number of fused-ring (bicyclic) bond motifs is 1. The van der Waals surface area contributed by atoms with E-state index in [1.165, 1.54) is 4.90 Å². The Morgan fingerprint density at radius 2 is 1.52 bits per heavy atom. The van der Waals surface area contributed by atoms with Crippen LogP contribution in [0.25, 0.3) is 0 Å². The van der Waals surface area contributed by atoms with Crippen molar-refractivity contribution in [2.45, 2.75) is 64.7 Å². The van der Waals surface area contributed by atoms with Gasteiger partial charge in [-0.1, -0.05) is 12.1 Å². The molecule has 0 aliphatic carbocycles. The highest BCUT2D eigenvalue weighted by Crippen LogP contribution is 2.30. The van der Waals surface area contributed by atoms with Crippen molar-refractivity contribution in [1.82, 2.24) is 9.80 Å². The summed E-state index contributed by atoms with van der Waals surface area (Å²) in [6, 6.07) is 6.88. The maximum absolute atomic E-state index is 12.7. The van der Waals surface area contributed by atoms with Crippen LogP contribution in [-0.4, -0.2) is 64.6 Å². The molecule has 0 bridgehead atoms. The molecule has 0 N–H and O–H groups in total. The fraction of sp³-hybridized carbons (Fsp3) is 0.591. The lowest BCUT2D eigenvalue weighted by Crippen LogP contribution is -2.51. The lowest BCUT2D eigenvalue weighted by Gasteiger charge is -2.37. The van der Waals surface area contributed by atoms with E-state index >= 15 is 0 Å². The second kappa shape index (κ2) is 7.78. The topological polar surface area (TPSA) is 76.2 Å². The van der Waals surface area contributed by atoms with Crippen LogP contribution >= 0.6 is 0 Å². The summed E-state index contributed by atoms with van der Waals surface area (Å²) in [6.07, 6.45) is 1.06. The third-order valence-corrected chi connectivity index (χ3v) is 5.17. The first-order chi connectivity index (χ1) is 13.5. The molecule has 1 saturated heterocycles. The normalized spacial score (nSPS) is 18.2. The van der Waals surface area contributed by atoms with Gasteiger partial charge in [-0.3, -0.25) is 14.5 Å². The largest absolute Gasteiger partial charge is 0.444 e. The number of imide groups is 1. The Morgan fingerprint density at radius 3 is 2.00 bits per heavy atom. The molecule has 7 heteroatoms. The second-order valence-corrected chi connectivity index (χ2v) is 9.28. The Balaban J connectivity index is 1.54. The summed E-state index contributed by atoms with van der Waals surface area (Å²) < 4.78 is 11.5. The number of carbonyl (C=O) groups excluding carboxylic acids is 3. The van der Waals surface area contributed by atoms with Gasteiger partial charge in [0.2, 0.25) is 0 Å². The average molecular weight is 402 g/mol. The maximum Gasteiger partial charge on any atom is 0.410 e. The molecule has 1 aromatic carbocycles. The summed E-state index contributed by atoms with van der Waals surface area (Å²) >= 11 is 0. The smallest absolute Gasteiger partial charge is 0.410 e. The summed E-state index contributed by atoms with van der Waals surface area (Å²) in [6.45, 7) is 10.6. The van der Waals surface area contributed by atoms with Crippen LogP contribution < -0.4 is 0 Å². The van der Waals surface area contributed by atoms with Gasteiger partial charge in [0.15, 0.2) is 0 Å². The molecule has 0 unspecified atom stereocenters. The Morgan fingerprint density at radius 1 is 1.00 bits per heavy atom. The molecule has 29 heavy (non-hydrogen) atoms. The molecular weight excluding hydrogens is 372 g/mol. The Bertz CT molecular complexity index is 769. The number of likely N-dealkylation sites (tertiary alicyclic amines) is 1. The van der Waals surface area contributed by atoms with Crippen LogP contribution in [0.15, 0.2) is 24.3 Å². The van der Waals surface area contributed by atoms with Crippen LogP contribution in [-0.2, 0) is 9.47 Å². The van der Waals surface area contributed by atoms with Crippen LogP contribution in [0.4, 0.5) is 4.79 Å². The van der Waals surface area contributed by atoms with E-state index in [4.69, 9.17) is 9.47 Å². The van der Waals surface area contributed by atoms with E-state index in [9.17, 15) is 14.4 Å². The van der Waals surface area contributed by atoms with Gasteiger partial charge in [0.1, 0.15) is 5.60 Å². The summed E-state index contributed by atoms with van der Waals surface area (Å²) in [5.74, 6) is -0.558. The Hall–Kier alpha value is -2.41. The molecule has 7 nitrogen and oxygen atoms in total. The van der Waals surface area contributed by atoms with E-state index < -0.39 is 11.1 Å². The second-order valence-electron chi connectivity index (χ2n) is 9.28. The van der Waals surface area contributed by atoms with E-state index in [-0.39, 0.29) is 30.6 Å². The maximum atomic E-state index is 12.7. The molecule has 2 aliphatic heterocycles. The highest BCUT2D eigenvalue weighted by Gasteiger charge is 2.44. The number of hydrogen-bond donors (Lipinski definition) is 0. The van der Waals surface area contributed by atoms with E-state index in [2.05, 4.69) is 0 Å². The summed E-state index contributed by atoms with van der Waals surface area (Å²) in [4.78, 5) is 40.6. The van der Waals surface area contributed by atoms with Crippen LogP contribution in [0.5, 0.6) is 0 Å². The average Bonchev–Trinajstić information content (AvgIpc) is 2.91. The van der Waals surface area contributed by atoms with Crippen LogP contribution in [0, 0.1) is 0 Å². The number of amides is 3. The molecule has 0 aromatic heterocycles. The summed E-state index contributed by atoms with van der Waals surface area (Å²) in [7, 11) is 0. The number of rotatable bonds is 4. The van der Waals surface area contributed by atoms with Gasteiger partial charge in [-0.15, -0.1) is 0 Å². The van der Waals surface area contributed by atoms with Crippen LogP contribution in [0.2, 0.25) is 0 Å². The zero-order chi connectivity index (χ0) is 21.4. The fourth-order valence-corrected chi connectivity index (χ4v) is 3.66. The first kappa shape index (κ1) is 21.3. The minimum absolute atomic E-state index is 0.0249. The van der Waals surface area contributed by atoms with Crippen LogP contribution in [0.3, 0.4) is 0 Å². The van der Waals surface area contributed by atoms with Crippen molar-refractivity contribution in [3.8, 4) is 0 Å². The van der Waals surface area contributed by atoms with Crippen LogP contribution in [0.1, 0.15) is 68.2 Å². The predicted octanol–water partition coefficient (Wildman–Crippen LogP) is 3.48. The Labute approximate surface area is 171 Å². The van der Waals surface area contributed by atoms with E-state index in [1.54, 1.807) is 29.2 Å². The number of benzene rings is 1. The molecule has 0 atom stereocenters. The molecule has 158 valence electrons. The number of hydrogen-bond acceptors (Lipinski definition) is 5. The van der Waals surface area contributed by atoms with E-state index in [0.717, 1.165) is 0 Å². The number of carbonyl (C=O) groups is 3. The lowest BCUT2D eigenvalue weighted by atomic mass is 10.0. The van der Waals surface area contributed by atoms with Crippen molar-refractivity contribution in [3.05, 3.63) is 35.4 Å². The number of nitrogens with zero attached hydrogens (tertiary/aromatic N) is 2. The molecule has 0 saturated carbocycles. The lowest BCUT2D eigenvalue weighted by molar-refractivity contribution is -0.0404. The molecule has 2 aliphatic rings. The predicted molar refractivity (Wildman–Crippen MR) is 108 cm³/mol. The molecule has 3 amide bonds. The van der Waals surface area contributed by atoms with Gasteiger partial charge in [-0.05, 0) is 59.6 Å². The SMILES string of the molecule is CC(C)(C)OC(=O)N1CCC(OCC(C)(C)N2C(=O)c3ccccc3C2=O)CC1. The first-order valence-electron chi connectivity index (χ1n) is 10.1. The molecule has 1 fully saturated rings. The number of ether oxygens (including phenoxy) is 2.